The average molecular weight is 332 g/mol. The molecule has 0 amide bonds. The van der Waals surface area contributed by atoms with Crippen molar-refractivity contribution in [3.63, 3.8) is 0 Å². The average Bonchev–Trinajstić information content (AvgIpc) is 2.56. The first kappa shape index (κ1) is 15.6. The number of allylic oxidation sites excluding steroid dienone is 1. The van der Waals surface area contributed by atoms with Crippen LogP contribution in [0.4, 0.5) is 0 Å². The highest BCUT2D eigenvalue weighted by atomic mass is 16.5. The maximum Gasteiger partial charge on any atom is 0.151 e. The lowest BCUT2D eigenvalue weighted by Gasteiger charge is -2.25. The van der Waals surface area contributed by atoms with E-state index in [1.54, 1.807) is 6.07 Å². The SMILES string of the molecule is Cc1c(O)ccc2c1O/C(=C\C(C)(C)C)c1nc3ccccc3nc1-2. The molecule has 126 valence electrons. The zero-order valence-electron chi connectivity index (χ0n) is 14.8. The van der Waals surface area contributed by atoms with Gasteiger partial charge in [-0.2, -0.15) is 0 Å². The second-order valence-corrected chi connectivity index (χ2v) is 7.47. The van der Waals surface area contributed by atoms with Crippen LogP contribution in [0.3, 0.4) is 0 Å². The molecule has 2 heterocycles. The monoisotopic (exact) mass is 332 g/mol. The molecule has 1 N–H and O–H groups in total. The summed E-state index contributed by atoms with van der Waals surface area (Å²) < 4.78 is 6.19. The van der Waals surface area contributed by atoms with Gasteiger partial charge < -0.3 is 9.84 Å². The van der Waals surface area contributed by atoms with Gasteiger partial charge in [-0.05, 0) is 42.7 Å². The number of hydrogen-bond acceptors (Lipinski definition) is 4. The van der Waals surface area contributed by atoms with Crippen LogP contribution in [0.15, 0.2) is 42.5 Å². The standard InChI is InChI=1S/C21H20N2O2/c1-12-16(24)10-9-13-18-19(17(25-20(12)13)11-21(2,3)4)23-15-8-6-5-7-14(15)22-18/h5-11,24H,1-4H3/b17-11-. The molecule has 4 rings (SSSR count). The number of nitrogens with zero attached hydrogens (tertiary/aromatic N) is 2. The van der Waals surface area contributed by atoms with Crippen LogP contribution in [-0.4, -0.2) is 15.1 Å². The molecule has 0 aliphatic carbocycles. The Labute approximate surface area is 146 Å². The first-order valence-electron chi connectivity index (χ1n) is 8.34. The number of aromatic nitrogens is 2. The number of para-hydroxylation sites is 2. The molecule has 0 spiro atoms. The molecular weight excluding hydrogens is 312 g/mol. The van der Waals surface area contributed by atoms with Crippen LogP contribution in [0.25, 0.3) is 28.0 Å². The zero-order valence-corrected chi connectivity index (χ0v) is 14.8. The number of phenolic OH excluding ortho intramolecular Hbond substituents is 1. The summed E-state index contributed by atoms with van der Waals surface area (Å²) in [6, 6.07) is 11.3. The fourth-order valence-corrected chi connectivity index (χ4v) is 3.01. The van der Waals surface area contributed by atoms with Gasteiger partial charge in [-0.15, -0.1) is 0 Å². The predicted molar refractivity (Wildman–Crippen MR) is 99.4 cm³/mol. The predicted octanol–water partition coefficient (Wildman–Crippen LogP) is 5.09. The van der Waals surface area contributed by atoms with E-state index in [-0.39, 0.29) is 11.2 Å². The number of rotatable bonds is 0. The molecule has 25 heavy (non-hydrogen) atoms. The van der Waals surface area contributed by atoms with Crippen molar-refractivity contribution in [3.8, 4) is 22.8 Å². The second kappa shape index (κ2) is 5.31. The van der Waals surface area contributed by atoms with Crippen LogP contribution in [0, 0.1) is 12.3 Å². The van der Waals surface area contributed by atoms with Crippen molar-refractivity contribution >= 4 is 16.8 Å². The van der Waals surface area contributed by atoms with Crippen LogP contribution >= 0.6 is 0 Å². The van der Waals surface area contributed by atoms with Gasteiger partial charge in [0.25, 0.3) is 0 Å². The van der Waals surface area contributed by atoms with Gasteiger partial charge in [0.1, 0.15) is 22.9 Å². The van der Waals surface area contributed by atoms with E-state index in [1.165, 1.54) is 0 Å². The molecule has 0 bridgehead atoms. The van der Waals surface area contributed by atoms with E-state index in [4.69, 9.17) is 14.7 Å². The lowest BCUT2D eigenvalue weighted by molar-refractivity contribution is 0.450. The molecule has 4 nitrogen and oxygen atoms in total. The number of phenols is 1. The van der Waals surface area contributed by atoms with Gasteiger partial charge in [-0.3, -0.25) is 0 Å². The van der Waals surface area contributed by atoms with Crippen LogP contribution in [0.5, 0.6) is 11.5 Å². The fraction of sp³-hybridized carbons (Fsp3) is 0.238. The van der Waals surface area contributed by atoms with Crippen LogP contribution in [0.2, 0.25) is 0 Å². The summed E-state index contributed by atoms with van der Waals surface area (Å²) in [5.41, 5.74) is 4.69. The summed E-state index contributed by atoms with van der Waals surface area (Å²) >= 11 is 0. The lowest BCUT2D eigenvalue weighted by Crippen LogP contribution is -2.13. The molecule has 2 aromatic carbocycles. The Morgan fingerprint density at radius 1 is 0.960 bits per heavy atom. The molecule has 3 aromatic rings. The van der Waals surface area contributed by atoms with E-state index in [9.17, 15) is 5.11 Å². The number of fused-ring (bicyclic) bond motifs is 4. The fourth-order valence-electron chi connectivity index (χ4n) is 3.01. The van der Waals surface area contributed by atoms with Crippen molar-refractivity contribution < 1.29 is 9.84 Å². The third-order valence-electron chi connectivity index (χ3n) is 4.21. The van der Waals surface area contributed by atoms with Gasteiger partial charge in [0.05, 0.1) is 11.0 Å². The van der Waals surface area contributed by atoms with E-state index in [0.29, 0.717) is 17.1 Å². The topological polar surface area (TPSA) is 55.2 Å². The Balaban J connectivity index is 2.08. The highest BCUT2D eigenvalue weighted by molar-refractivity contribution is 5.89. The molecule has 0 saturated carbocycles. The maximum atomic E-state index is 10.1. The van der Waals surface area contributed by atoms with Gasteiger partial charge >= 0.3 is 0 Å². The summed E-state index contributed by atoms with van der Waals surface area (Å²) in [5.74, 6) is 1.54. The third-order valence-corrected chi connectivity index (χ3v) is 4.21. The molecule has 1 aromatic heterocycles. The zero-order chi connectivity index (χ0) is 17.8. The minimum absolute atomic E-state index is 0.0812. The van der Waals surface area contributed by atoms with Crippen LogP contribution < -0.4 is 4.74 Å². The summed E-state index contributed by atoms with van der Waals surface area (Å²) in [7, 11) is 0. The normalized spacial score (nSPS) is 15.0. The Hall–Kier alpha value is -2.88. The van der Waals surface area contributed by atoms with Gasteiger partial charge in [0.15, 0.2) is 5.76 Å². The van der Waals surface area contributed by atoms with Gasteiger partial charge in [0, 0.05) is 11.1 Å². The van der Waals surface area contributed by atoms with Crippen molar-refractivity contribution in [2.75, 3.05) is 0 Å². The van der Waals surface area contributed by atoms with Crippen molar-refractivity contribution in [2.24, 2.45) is 5.41 Å². The van der Waals surface area contributed by atoms with E-state index in [2.05, 4.69) is 26.8 Å². The Bertz CT molecular complexity index is 1030. The largest absolute Gasteiger partial charge is 0.508 e. The van der Waals surface area contributed by atoms with Gasteiger partial charge in [-0.25, -0.2) is 9.97 Å². The van der Waals surface area contributed by atoms with Gasteiger partial charge in [-0.1, -0.05) is 32.9 Å². The molecule has 4 heteroatoms. The Morgan fingerprint density at radius 2 is 1.60 bits per heavy atom. The molecule has 0 fully saturated rings. The van der Waals surface area contributed by atoms with E-state index in [1.807, 2.05) is 37.3 Å². The molecule has 0 unspecified atom stereocenters. The molecule has 0 saturated heterocycles. The molecular formula is C21H20N2O2. The van der Waals surface area contributed by atoms with Crippen LogP contribution in [0.1, 0.15) is 32.0 Å². The number of aromatic hydroxyl groups is 1. The lowest BCUT2D eigenvalue weighted by atomic mass is 9.93. The van der Waals surface area contributed by atoms with Gasteiger partial charge in [0.2, 0.25) is 0 Å². The first-order chi connectivity index (χ1) is 11.8. The van der Waals surface area contributed by atoms with Crippen molar-refractivity contribution in [1.29, 1.82) is 0 Å². The highest BCUT2D eigenvalue weighted by Crippen LogP contribution is 2.45. The van der Waals surface area contributed by atoms with E-state index in [0.717, 1.165) is 28.0 Å². The number of hydrogen-bond donors (Lipinski definition) is 1. The summed E-state index contributed by atoms with van der Waals surface area (Å²) in [4.78, 5) is 9.66. The molecule has 1 aliphatic heterocycles. The second-order valence-electron chi connectivity index (χ2n) is 7.47. The number of benzene rings is 2. The van der Waals surface area contributed by atoms with Crippen molar-refractivity contribution in [1.82, 2.24) is 9.97 Å². The Kier molecular flexibility index (Phi) is 3.32. The number of ether oxygens (including phenoxy) is 1. The molecule has 0 atom stereocenters. The Morgan fingerprint density at radius 3 is 2.24 bits per heavy atom. The van der Waals surface area contributed by atoms with Crippen molar-refractivity contribution in [3.05, 3.63) is 53.7 Å². The quantitative estimate of drug-likeness (QED) is 0.623. The molecule has 1 aliphatic rings. The minimum atomic E-state index is -0.0812. The summed E-state index contributed by atoms with van der Waals surface area (Å²) in [6.07, 6.45) is 2.06. The molecule has 0 radical (unpaired) electrons. The van der Waals surface area contributed by atoms with E-state index >= 15 is 0 Å². The maximum absolute atomic E-state index is 10.1. The van der Waals surface area contributed by atoms with Crippen LogP contribution in [-0.2, 0) is 0 Å². The smallest absolute Gasteiger partial charge is 0.151 e. The first-order valence-corrected chi connectivity index (χ1v) is 8.34. The summed E-state index contributed by atoms with van der Waals surface area (Å²) in [6.45, 7) is 8.19. The van der Waals surface area contributed by atoms with E-state index < -0.39 is 0 Å². The summed E-state index contributed by atoms with van der Waals surface area (Å²) in [5, 5.41) is 10.1. The van der Waals surface area contributed by atoms with Crippen molar-refractivity contribution in [2.45, 2.75) is 27.7 Å². The minimum Gasteiger partial charge on any atom is -0.508 e. The highest BCUT2D eigenvalue weighted by Gasteiger charge is 2.28. The third kappa shape index (κ3) is 2.64.